The number of nitrogens with two attached hydrogens (primary N) is 1. The zero-order valence-corrected chi connectivity index (χ0v) is 15.8. The van der Waals surface area contributed by atoms with E-state index in [9.17, 15) is 19.2 Å². The first kappa shape index (κ1) is 21.9. The Labute approximate surface area is 153 Å². The molecule has 1 rings (SSSR count). The molecule has 148 valence electrons. The van der Waals surface area contributed by atoms with E-state index in [2.05, 4.69) is 10.6 Å². The summed E-state index contributed by atoms with van der Waals surface area (Å²) >= 11 is 0. The van der Waals surface area contributed by atoms with Gasteiger partial charge in [-0.15, -0.1) is 0 Å². The van der Waals surface area contributed by atoms with Crippen LogP contribution in [0.3, 0.4) is 0 Å². The van der Waals surface area contributed by atoms with Crippen LogP contribution in [-0.2, 0) is 19.2 Å². The lowest BCUT2D eigenvalue weighted by Crippen LogP contribution is -2.56. The van der Waals surface area contributed by atoms with Gasteiger partial charge in [0.1, 0.15) is 18.1 Å². The topological polar surface area (TPSA) is 142 Å². The van der Waals surface area contributed by atoms with Crippen molar-refractivity contribution in [3.63, 3.8) is 0 Å². The molecule has 0 aromatic rings. The molecule has 1 heterocycles. The summed E-state index contributed by atoms with van der Waals surface area (Å²) in [7, 11) is 0. The van der Waals surface area contributed by atoms with E-state index in [1.54, 1.807) is 0 Å². The van der Waals surface area contributed by atoms with Crippen LogP contribution in [-0.4, -0.2) is 64.4 Å². The molecule has 1 aliphatic rings. The fraction of sp³-hybridized carbons (Fsp3) is 0.765. The van der Waals surface area contributed by atoms with E-state index in [1.807, 2.05) is 13.8 Å². The van der Waals surface area contributed by atoms with Crippen molar-refractivity contribution in [2.75, 3.05) is 6.54 Å². The van der Waals surface area contributed by atoms with E-state index in [-0.39, 0.29) is 5.92 Å². The number of carboxylic acids is 1. The SMILES string of the molecule is CCC(C)C(N)C(=O)NC(C)C(=O)NC(C)C(=O)N1CCCC1C(=O)O. The Morgan fingerprint density at radius 3 is 2.23 bits per heavy atom. The van der Waals surface area contributed by atoms with Crippen LogP contribution in [0.2, 0.25) is 0 Å². The molecule has 0 saturated carbocycles. The van der Waals surface area contributed by atoms with E-state index >= 15 is 0 Å². The van der Waals surface area contributed by atoms with Gasteiger partial charge >= 0.3 is 5.97 Å². The summed E-state index contributed by atoms with van der Waals surface area (Å²) in [6.07, 6.45) is 1.76. The minimum Gasteiger partial charge on any atom is -0.480 e. The average Bonchev–Trinajstić information content (AvgIpc) is 3.09. The van der Waals surface area contributed by atoms with Crippen molar-refractivity contribution in [2.24, 2.45) is 11.7 Å². The van der Waals surface area contributed by atoms with Crippen molar-refractivity contribution in [3.8, 4) is 0 Å². The van der Waals surface area contributed by atoms with Gasteiger partial charge in [0.05, 0.1) is 6.04 Å². The Hall–Kier alpha value is -2.16. The third-order valence-corrected chi connectivity index (χ3v) is 4.86. The van der Waals surface area contributed by atoms with Crippen LogP contribution in [0.15, 0.2) is 0 Å². The van der Waals surface area contributed by atoms with Gasteiger partial charge in [-0.2, -0.15) is 0 Å². The molecule has 5 N–H and O–H groups in total. The molecule has 0 bridgehead atoms. The number of aliphatic carboxylic acids is 1. The Morgan fingerprint density at radius 1 is 1.12 bits per heavy atom. The highest BCUT2D eigenvalue weighted by molar-refractivity contribution is 5.93. The maximum atomic E-state index is 12.4. The first-order valence-electron chi connectivity index (χ1n) is 8.99. The Bertz CT molecular complexity index is 553. The fourth-order valence-electron chi connectivity index (χ4n) is 2.82. The second kappa shape index (κ2) is 9.51. The molecule has 1 saturated heterocycles. The lowest BCUT2D eigenvalue weighted by atomic mass is 9.99. The molecule has 3 amide bonds. The van der Waals surface area contributed by atoms with E-state index < -0.39 is 47.9 Å². The average molecular weight is 370 g/mol. The lowest BCUT2D eigenvalue weighted by Gasteiger charge is -2.26. The molecular weight excluding hydrogens is 340 g/mol. The van der Waals surface area contributed by atoms with E-state index in [0.29, 0.717) is 19.4 Å². The van der Waals surface area contributed by atoms with Crippen molar-refractivity contribution in [2.45, 2.75) is 71.1 Å². The Balaban J connectivity index is 2.59. The number of amides is 3. The van der Waals surface area contributed by atoms with Crippen molar-refractivity contribution < 1.29 is 24.3 Å². The van der Waals surface area contributed by atoms with Crippen molar-refractivity contribution >= 4 is 23.7 Å². The molecule has 0 aromatic heterocycles. The lowest BCUT2D eigenvalue weighted by molar-refractivity contribution is -0.149. The molecule has 0 aromatic carbocycles. The Morgan fingerprint density at radius 2 is 1.69 bits per heavy atom. The smallest absolute Gasteiger partial charge is 0.326 e. The fourth-order valence-corrected chi connectivity index (χ4v) is 2.82. The normalized spacial score (nSPS) is 21.4. The van der Waals surface area contributed by atoms with Gasteiger partial charge in [-0.25, -0.2) is 4.79 Å². The van der Waals surface area contributed by atoms with Gasteiger partial charge in [0, 0.05) is 6.54 Å². The minimum absolute atomic E-state index is 0.0196. The quantitative estimate of drug-likeness (QED) is 0.451. The summed E-state index contributed by atoms with van der Waals surface area (Å²) in [6, 6.07) is -3.31. The highest BCUT2D eigenvalue weighted by Crippen LogP contribution is 2.18. The maximum absolute atomic E-state index is 12.4. The van der Waals surface area contributed by atoms with Gasteiger partial charge in [0.15, 0.2) is 0 Å². The zero-order chi connectivity index (χ0) is 20.0. The number of nitrogens with zero attached hydrogens (tertiary/aromatic N) is 1. The zero-order valence-electron chi connectivity index (χ0n) is 15.8. The number of likely N-dealkylation sites (tertiary alicyclic amines) is 1. The molecule has 1 aliphatic heterocycles. The summed E-state index contributed by atoms with van der Waals surface area (Å²) in [6.45, 7) is 7.13. The number of rotatable bonds is 8. The van der Waals surface area contributed by atoms with E-state index in [4.69, 9.17) is 10.8 Å². The predicted octanol–water partition coefficient (Wildman–Crippen LogP) is -0.555. The van der Waals surface area contributed by atoms with Crippen molar-refractivity contribution in [1.82, 2.24) is 15.5 Å². The molecule has 26 heavy (non-hydrogen) atoms. The molecule has 0 aliphatic carbocycles. The Kier molecular flexibility index (Phi) is 8.01. The summed E-state index contributed by atoms with van der Waals surface area (Å²) in [5.41, 5.74) is 5.84. The molecule has 5 unspecified atom stereocenters. The number of nitrogens with one attached hydrogen (secondary N) is 2. The van der Waals surface area contributed by atoms with Crippen LogP contribution in [0.5, 0.6) is 0 Å². The van der Waals surface area contributed by atoms with Gasteiger partial charge < -0.3 is 26.4 Å². The van der Waals surface area contributed by atoms with Crippen LogP contribution in [0.4, 0.5) is 0 Å². The molecular formula is C17H30N4O5. The second-order valence-electron chi connectivity index (χ2n) is 6.90. The molecule has 9 nitrogen and oxygen atoms in total. The summed E-state index contributed by atoms with van der Waals surface area (Å²) in [5, 5.41) is 14.2. The number of hydrogen-bond acceptors (Lipinski definition) is 5. The van der Waals surface area contributed by atoms with Crippen LogP contribution >= 0.6 is 0 Å². The first-order chi connectivity index (χ1) is 12.1. The standard InChI is InChI=1S/C17H30N4O5/c1-5-9(2)13(18)15(23)19-10(3)14(22)20-11(4)16(24)21-8-6-7-12(21)17(25)26/h9-13H,5-8,18H2,1-4H3,(H,19,23)(H,20,22)(H,25,26). The summed E-state index contributed by atoms with van der Waals surface area (Å²) in [4.78, 5) is 49.2. The number of carbonyl (C=O) groups excluding carboxylic acids is 3. The van der Waals surface area contributed by atoms with Gasteiger partial charge in [0.2, 0.25) is 17.7 Å². The largest absolute Gasteiger partial charge is 0.480 e. The molecule has 0 spiro atoms. The van der Waals surface area contributed by atoms with Crippen LogP contribution < -0.4 is 16.4 Å². The van der Waals surface area contributed by atoms with Crippen LogP contribution in [0.1, 0.15) is 47.0 Å². The van der Waals surface area contributed by atoms with E-state index in [0.717, 1.165) is 6.42 Å². The summed E-state index contributed by atoms with van der Waals surface area (Å²) < 4.78 is 0. The molecule has 0 radical (unpaired) electrons. The van der Waals surface area contributed by atoms with Gasteiger partial charge in [-0.3, -0.25) is 14.4 Å². The first-order valence-corrected chi connectivity index (χ1v) is 8.99. The van der Waals surface area contributed by atoms with Crippen molar-refractivity contribution in [3.05, 3.63) is 0 Å². The monoisotopic (exact) mass is 370 g/mol. The highest BCUT2D eigenvalue weighted by Gasteiger charge is 2.36. The maximum Gasteiger partial charge on any atom is 0.326 e. The molecule has 5 atom stereocenters. The second-order valence-corrected chi connectivity index (χ2v) is 6.90. The predicted molar refractivity (Wildman–Crippen MR) is 95.0 cm³/mol. The van der Waals surface area contributed by atoms with Crippen molar-refractivity contribution in [1.29, 1.82) is 0 Å². The molecule has 1 fully saturated rings. The molecule has 9 heteroatoms. The minimum atomic E-state index is -1.05. The van der Waals surface area contributed by atoms with Gasteiger partial charge in [0.25, 0.3) is 0 Å². The number of carbonyl (C=O) groups is 4. The van der Waals surface area contributed by atoms with E-state index in [1.165, 1.54) is 18.7 Å². The summed E-state index contributed by atoms with van der Waals surface area (Å²) in [5.74, 6) is -2.46. The third-order valence-electron chi connectivity index (χ3n) is 4.86. The highest BCUT2D eigenvalue weighted by atomic mass is 16.4. The van der Waals surface area contributed by atoms with Gasteiger partial charge in [-0.05, 0) is 32.6 Å². The third kappa shape index (κ3) is 5.42. The number of carboxylic acid groups (broad SMARTS) is 1. The van der Waals surface area contributed by atoms with Gasteiger partial charge in [-0.1, -0.05) is 20.3 Å². The number of hydrogen-bond donors (Lipinski definition) is 4. The van der Waals surface area contributed by atoms with Crippen LogP contribution in [0.25, 0.3) is 0 Å². The van der Waals surface area contributed by atoms with Crippen LogP contribution in [0, 0.1) is 5.92 Å².